The monoisotopic (exact) mass is 420 g/mol. The highest BCUT2D eigenvalue weighted by molar-refractivity contribution is 6.10. The van der Waals surface area contributed by atoms with E-state index in [2.05, 4.69) is 10.2 Å². The molecule has 1 aliphatic heterocycles. The molecule has 2 aromatic carbocycles. The molecule has 0 spiro atoms. The number of phenols is 1. The van der Waals surface area contributed by atoms with Gasteiger partial charge in [-0.1, -0.05) is 12.1 Å². The van der Waals surface area contributed by atoms with Crippen LogP contribution >= 0.6 is 0 Å². The van der Waals surface area contributed by atoms with Crippen molar-refractivity contribution in [2.75, 3.05) is 23.3 Å². The van der Waals surface area contributed by atoms with Crippen LogP contribution in [0.5, 0.6) is 11.7 Å². The predicted molar refractivity (Wildman–Crippen MR) is 117 cm³/mol. The molecule has 0 unspecified atom stereocenters. The summed E-state index contributed by atoms with van der Waals surface area (Å²) in [7, 11) is 0. The predicted octanol–water partition coefficient (Wildman–Crippen LogP) is 4.76. The third-order valence-electron chi connectivity index (χ3n) is 5.37. The van der Waals surface area contributed by atoms with Crippen molar-refractivity contribution >= 4 is 23.3 Å². The van der Waals surface area contributed by atoms with Crippen molar-refractivity contribution in [3.8, 4) is 11.7 Å². The van der Waals surface area contributed by atoms with Crippen LogP contribution in [0.3, 0.4) is 0 Å². The zero-order valence-electron chi connectivity index (χ0n) is 17.3. The molecular formula is C24H24N2O5. The van der Waals surface area contributed by atoms with E-state index in [0.29, 0.717) is 11.3 Å². The maximum absolute atomic E-state index is 13.1. The molecule has 1 amide bonds. The second-order valence-electron chi connectivity index (χ2n) is 7.52. The van der Waals surface area contributed by atoms with Crippen molar-refractivity contribution in [3.05, 3.63) is 71.5 Å². The van der Waals surface area contributed by atoms with E-state index in [1.165, 1.54) is 24.8 Å². The van der Waals surface area contributed by atoms with Crippen LogP contribution in [0.1, 0.15) is 45.5 Å². The highest BCUT2D eigenvalue weighted by atomic mass is 16.6. The van der Waals surface area contributed by atoms with E-state index in [-0.39, 0.29) is 22.8 Å². The summed E-state index contributed by atoms with van der Waals surface area (Å²) >= 11 is 0. The quantitative estimate of drug-likeness (QED) is 0.579. The van der Waals surface area contributed by atoms with E-state index in [1.807, 2.05) is 6.07 Å². The van der Waals surface area contributed by atoms with Crippen molar-refractivity contribution < 1.29 is 23.8 Å². The van der Waals surface area contributed by atoms with E-state index in [9.17, 15) is 14.7 Å². The minimum Gasteiger partial charge on any atom is -0.507 e. The Kier molecular flexibility index (Phi) is 5.93. The Hall–Kier alpha value is -3.74. The SMILES string of the molecule is Cc1cccc(C(=O)Oc2ccco2)c1NC(=O)c1cc(N2CCCCC2)ccc1O. The van der Waals surface area contributed by atoms with E-state index >= 15 is 0 Å². The number of hydrogen-bond donors (Lipinski definition) is 2. The molecule has 1 fully saturated rings. The van der Waals surface area contributed by atoms with Crippen molar-refractivity contribution in [1.82, 2.24) is 0 Å². The van der Waals surface area contributed by atoms with Crippen molar-refractivity contribution in [3.63, 3.8) is 0 Å². The van der Waals surface area contributed by atoms with Crippen molar-refractivity contribution in [2.45, 2.75) is 26.2 Å². The van der Waals surface area contributed by atoms with Crippen LogP contribution in [0, 0.1) is 6.92 Å². The highest BCUT2D eigenvalue weighted by Crippen LogP contribution is 2.29. The summed E-state index contributed by atoms with van der Waals surface area (Å²) in [6.07, 6.45) is 4.81. The number of aryl methyl sites for hydroxylation is 1. The van der Waals surface area contributed by atoms with Crippen molar-refractivity contribution in [1.29, 1.82) is 0 Å². The first-order valence-corrected chi connectivity index (χ1v) is 10.3. The maximum atomic E-state index is 13.1. The fourth-order valence-corrected chi connectivity index (χ4v) is 3.71. The normalized spacial score (nSPS) is 13.6. The minimum atomic E-state index is -0.653. The lowest BCUT2D eigenvalue weighted by Gasteiger charge is -2.29. The van der Waals surface area contributed by atoms with E-state index < -0.39 is 11.9 Å². The Bertz CT molecular complexity index is 1090. The molecule has 0 bridgehead atoms. The standard InChI is InChI=1S/C24H24N2O5/c1-16-7-5-8-18(24(29)31-21-9-6-14-30-21)22(16)25-23(28)19-15-17(10-11-20(19)27)26-12-3-2-4-13-26/h5-11,14-15,27H,2-4,12-13H2,1H3,(H,25,28). The van der Waals surface area contributed by atoms with Gasteiger partial charge in [-0.15, -0.1) is 0 Å². The lowest BCUT2D eigenvalue weighted by atomic mass is 10.1. The number of phenolic OH excluding ortho intramolecular Hbond substituents is 1. The Labute approximate surface area is 180 Å². The summed E-state index contributed by atoms with van der Waals surface area (Å²) in [5, 5.41) is 13.1. The summed E-state index contributed by atoms with van der Waals surface area (Å²) in [5.41, 5.74) is 2.25. The van der Waals surface area contributed by atoms with Crippen LogP contribution in [0.4, 0.5) is 11.4 Å². The van der Waals surface area contributed by atoms with Crippen LogP contribution in [-0.2, 0) is 0 Å². The number of esters is 1. The zero-order valence-corrected chi connectivity index (χ0v) is 17.3. The Balaban J connectivity index is 1.59. The van der Waals surface area contributed by atoms with E-state index in [1.54, 1.807) is 37.3 Å². The number of carbonyl (C=O) groups is 2. The average Bonchev–Trinajstić information content (AvgIpc) is 3.29. The van der Waals surface area contributed by atoms with Crippen LogP contribution < -0.4 is 15.0 Å². The van der Waals surface area contributed by atoms with E-state index in [4.69, 9.17) is 9.15 Å². The maximum Gasteiger partial charge on any atom is 0.348 e. The molecule has 0 radical (unpaired) electrons. The summed E-state index contributed by atoms with van der Waals surface area (Å²) in [4.78, 5) is 27.9. The number of ether oxygens (including phenoxy) is 1. The van der Waals surface area contributed by atoms with Crippen LogP contribution in [-0.4, -0.2) is 30.1 Å². The molecule has 1 aliphatic rings. The molecule has 1 aromatic heterocycles. The Morgan fingerprint density at radius 1 is 1.03 bits per heavy atom. The molecule has 0 saturated carbocycles. The fourth-order valence-electron chi connectivity index (χ4n) is 3.71. The molecule has 7 nitrogen and oxygen atoms in total. The van der Waals surface area contributed by atoms with Gasteiger partial charge in [-0.2, -0.15) is 0 Å². The smallest absolute Gasteiger partial charge is 0.348 e. The lowest BCUT2D eigenvalue weighted by Crippen LogP contribution is -2.29. The van der Waals surface area contributed by atoms with Gasteiger partial charge in [0.1, 0.15) is 5.75 Å². The van der Waals surface area contributed by atoms with E-state index in [0.717, 1.165) is 31.6 Å². The number of anilines is 2. The number of nitrogens with one attached hydrogen (secondary N) is 1. The van der Waals surface area contributed by atoms with Gasteiger partial charge in [0, 0.05) is 24.8 Å². The number of piperidine rings is 1. The molecule has 2 N–H and O–H groups in total. The summed E-state index contributed by atoms with van der Waals surface area (Å²) in [5.74, 6) is -1.21. The highest BCUT2D eigenvalue weighted by Gasteiger charge is 2.21. The molecule has 4 rings (SSSR count). The van der Waals surface area contributed by atoms with Gasteiger partial charge in [-0.05, 0) is 62.1 Å². The number of rotatable bonds is 5. The first-order chi connectivity index (χ1) is 15.0. The molecular weight excluding hydrogens is 396 g/mol. The molecule has 7 heteroatoms. The molecule has 31 heavy (non-hydrogen) atoms. The molecule has 2 heterocycles. The third kappa shape index (κ3) is 4.55. The van der Waals surface area contributed by atoms with Gasteiger partial charge in [0.15, 0.2) is 0 Å². The minimum absolute atomic E-state index is 0.0654. The van der Waals surface area contributed by atoms with Gasteiger partial charge in [-0.3, -0.25) is 4.79 Å². The topological polar surface area (TPSA) is 92.0 Å². The Morgan fingerprint density at radius 3 is 2.58 bits per heavy atom. The second-order valence-corrected chi connectivity index (χ2v) is 7.52. The summed E-state index contributed by atoms with van der Waals surface area (Å²) in [6.45, 7) is 3.63. The van der Waals surface area contributed by atoms with Crippen LogP contribution in [0.15, 0.2) is 59.2 Å². The number of benzene rings is 2. The first kappa shape index (κ1) is 20.5. The third-order valence-corrected chi connectivity index (χ3v) is 5.37. The second kappa shape index (κ2) is 8.95. The van der Waals surface area contributed by atoms with Gasteiger partial charge in [0.25, 0.3) is 11.9 Å². The molecule has 0 atom stereocenters. The number of amides is 1. The summed E-state index contributed by atoms with van der Waals surface area (Å²) < 4.78 is 10.3. The zero-order chi connectivity index (χ0) is 21.8. The average molecular weight is 420 g/mol. The van der Waals surface area contributed by atoms with Gasteiger partial charge >= 0.3 is 5.97 Å². The molecule has 0 aliphatic carbocycles. The van der Waals surface area contributed by atoms with Gasteiger partial charge < -0.3 is 24.5 Å². The van der Waals surface area contributed by atoms with Crippen molar-refractivity contribution in [2.24, 2.45) is 0 Å². The summed E-state index contributed by atoms with van der Waals surface area (Å²) in [6, 6.07) is 13.2. The number of para-hydroxylation sites is 1. The number of hydrogen-bond acceptors (Lipinski definition) is 6. The first-order valence-electron chi connectivity index (χ1n) is 10.3. The number of carbonyl (C=O) groups excluding carboxylic acids is 2. The fraction of sp³-hybridized carbons (Fsp3) is 0.250. The van der Waals surface area contributed by atoms with Gasteiger partial charge in [0.05, 0.1) is 23.1 Å². The molecule has 3 aromatic rings. The molecule has 160 valence electrons. The molecule has 1 saturated heterocycles. The number of furan rings is 1. The lowest BCUT2D eigenvalue weighted by molar-refractivity contribution is 0.0695. The van der Waals surface area contributed by atoms with Crippen LogP contribution in [0.2, 0.25) is 0 Å². The Morgan fingerprint density at radius 2 is 1.84 bits per heavy atom. The largest absolute Gasteiger partial charge is 0.507 e. The number of aromatic hydroxyl groups is 1. The van der Waals surface area contributed by atoms with Gasteiger partial charge in [0.2, 0.25) is 0 Å². The number of nitrogens with zero attached hydrogens (tertiary/aromatic N) is 1. The van der Waals surface area contributed by atoms with Crippen LogP contribution in [0.25, 0.3) is 0 Å². The van der Waals surface area contributed by atoms with Gasteiger partial charge in [-0.25, -0.2) is 4.79 Å².